The molecule has 0 fully saturated rings. The second-order valence-corrected chi connectivity index (χ2v) is 3.05. The van der Waals surface area contributed by atoms with Crippen LogP contribution in [0.5, 0.6) is 0 Å². The smallest absolute Gasteiger partial charge is 0.320 e. The molecule has 0 aliphatic heterocycles. The van der Waals surface area contributed by atoms with E-state index in [0.717, 1.165) is 0 Å². The van der Waals surface area contributed by atoms with E-state index in [1.165, 1.54) is 6.07 Å². The molecule has 6 nitrogen and oxygen atoms in total. The van der Waals surface area contributed by atoms with E-state index in [2.05, 4.69) is 0 Å². The van der Waals surface area contributed by atoms with E-state index in [4.69, 9.17) is 16.0 Å². The highest BCUT2D eigenvalue weighted by atomic mass is 16.6. The van der Waals surface area contributed by atoms with Crippen LogP contribution >= 0.6 is 0 Å². The number of carboxylic acid groups (broad SMARTS) is 1. The monoisotopic (exact) mass is 211 g/mol. The summed E-state index contributed by atoms with van der Waals surface area (Å²) in [5, 5.41) is 17.3. The molecule has 0 saturated heterocycles. The molecule has 0 radical (unpaired) electrons. The minimum atomic E-state index is -1.15. The SMILES string of the molecule is N[C@@H](Cc1ccccc1[N+](=O)O)C(=O)O. The molecular weight excluding hydrogens is 200 g/mol. The van der Waals surface area contributed by atoms with Gasteiger partial charge in [-0.15, -0.1) is 0 Å². The minimum Gasteiger partial charge on any atom is -0.480 e. The van der Waals surface area contributed by atoms with Crippen molar-refractivity contribution in [1.29, 1.82) is 0 Å². The summed E-state index contributed by atoms with van der Waals surface area (Å²) in [5.41, 5.74) is 5.72. The van der Waals surface area contributed by atoms with Crippen LogP contribution in [0.1, 0.15) is 5.56 Å². The Morgan fingerprint density at radius 3 is 2.60 bits per heavy atom. The van der Waals surface area contributed by atoms with Crippen LogP contribution in [-0.4, -0.2) is 27.2 Å². The third kappa shape index (κ3) is 2.75. The van der Waals surface area contributed by atoms with Crippen LogP contribution in [0, 0.1) is 4.91 Å². The van der Waals surface area contributed by atoms with E-state index in [-0.39, 0.29) is 17.0 Å². The molecule has 15 heavy (non-hydrogen) atoms. The minimum absolute atomic E-state index is 0.00852. The number of rotatable bonds is 4. The van der Waals surface area contributed by atoms with E-state index in [0.29, 0.717) is 5.56 Å². The first kappa shape index (κ1) is 11.1. The molecule has 1 rings (SSSR count). The number of hydrogen-bond donors (Lipinski definition) is 3. The van der Waals surface area contributed by atoms with Crippen molar-refractivity contribution < 1.29 is 20.0 Å². The molecule has 0 saturated carbocycles. The number of benzene rings is 1. The number of hydrogen-bond acceptors (Lipinski definition) is 3. The Morgan fingerprint density at radius 1 is 1.47 bits per heavy atom. The number of para-hydroxylation sites is 1. The summed E-state index contributed by atoms with van der Waals surface area (Å²) in [6.07, 6.45) is -0.00912. The molecule has 1 aromatic carbocycles. The second-order valence-electron chi connectivity index (χ2n) is 3.05. The van der Waals surface area contributed by atoms with Crippen LogP contribution < -0.4 is 5.73 Å². The second kappa shape index (κ2) is 4.52. The van der Waals surface area contributed by atoms with Gasteiger partial charge in [0.15, 0.2) is 0 Å². The van der Waals surface area contributed by atoms with Crippen LogP contribution in [0.4, 0.5) is 5.69 Å². The highest BCUT2D eigenvalue weighted by Gasteiger charge is 2.21. The van der Waals surface area contributed by atoms with Gasteiger partial charge < -0.3 is 10.8 Å². The quantitative estimate of drug-likeness (QED) is 0.627. The number of nitrogens with two attached hydrogens (primary N) is 1. The van der Waals surface area contributed by atoms with Gasteiger partial charge >= 0.3 is 11.7 Å². The van der Waals surface area contributed by atoms with Crippen LogP contribution in [0.25, 0.3) is 0 Å². The fourth-order valence-corrected chi connectivity index (χ4v) is 1.19. The Bertz CT molecular complexity index is 391. The average molecular weight is 211 g/mol. The Balaban J connectivity index is 2.94. The maximum atomic E-state index is 10.7. The Kier molecular flexibility index (Phi) is 3.35. The Hall–Kier alpha value is -1.95. The Labute approximate surface area is 85.5 Å². The molecule has 4 N–H and O–H groups in total. The number of carboxylic acids is 1. The third-order valence-electron chi connectivity index (χ3n) is 1.95. The molecule has 1 atom stereocenters. The number of carbonyl (C=O) groups is 1. The van der Waals surface area contributed by atoms with Crippen LogP contribution in [0.3, 0.4) is 0 Å². The average Bonchev–Trinajstić information content (AvgIpc) is 2.18. The lowest BCUT2D eigenvalue weighted by Crippen LogP contribution is -2.32. The van der Waals surface area contributed by atoms with E-state index in [9.17, 15) is 9.70 Å². The normalized spacial score (nSPS) is 12.1. The highest BCUT2D eigenvalue weighted by molar-refractivity contribution is 5.73. The van der Waals surface area contributed by atoms with E-state index in [1.54, 1.807) is 18.2 Å². The van der Waals surface area contributed by atoms with Crippen molar-refractivity contribution in [1.82, 2.24) is 0 Å². The van der Waals surface area contributed by atoms with Crippen molar-refractivity contribution >= 4 is 11.7 Å². The molecule has 1 aromatic rings. The van der Waals surface area contributed by atoms with Gasteiger partial charge in [-0.05, 0) is 0 Å². The molecule has 0 bridgehead atoms. The fourth-order valence-electron chi connectivity index (χ4n) is 1.19. The van der Waals surface area contributed by atoms with Gasteiger partial charge in [-0.1, -0.05) is 18.2 Å². The molecule has 0 amide bonds. The molecule has 80 valence electrons. The summed E-state index contributed by atoms with van der Waals surface area (Å²) in [4.78, 5) is 20.9. The lowest BCUT2D eigenvalue weighted by atomic mass is 10.1. The number of aliphatic carboxylic acids is 1. The van der Waals surface area contributed by atoms with Crippen molar-refractivity contribution in [3.63, 3.8) is 0 Å². The molecule has 0 spiro atoms. The summed E-state index contributed by atoms with van der Waals surface area (Å²) < 4.78 is 0. The van der Waals surface area contributed by atoms with Gasteiger partial charge in [0.2, 0.25) is 0 Å². The highest BCUT2D eigenvalue weighted by Crippen LogP contribution is 2.18. The van der Waals surface area contributed by atoms with Gasteiger partial charge in [0.1, 0.15) is 6.04 Å². The van der Waals surface area contributed by atoms with Gasteiger partial charge in [-0.3, -0.25) is 4.79 Å². The largest absolute Gasteiger partial charge is 0.480 e. The van der Waals surface area contributed by atoms with Gasteiger partial charge in [-0.2, -0.15) is 0 Å². The maximum Gasteiger partial charge on any atom is 0.320 e. The van der Waals surface area contributed by atoms with Gasteiger partial charge in [0.25, 0.3) is 4.92 Å². The zero-order valence-electron chi connectivity index (χ0n) is 7.83. The van der Waals surface area contributed by atoms with Crippen LogP contribution in [0.15, 0.2) is 24.3 Å². The van der Waals surface area contributed by atoms with Crippen molar-refractivity contribution in [2.24, 2.45) is 5.73 Å². The molecule has 0 aliphatic carbocycles. The predicted octanol–water partition coefficient (Wildman–Crippen LogP) is 0.441. The first-order chi connectivity index (χ1) is 7.02. The van der Waals surface area contributed by atoms with Gasteiger partial charge in [0, 0.05) is 18.1 Å². The van der Waals surface area contributed by atoms with Crippen molar-refractivity contribution in [2.75, 3.05) is 0 Å². The zero-order chi connectivity index (χ0) is 11.4. The first-order valence-electron chi connectivity index (χ1n) is 4.25. The molecule has 0 heterocycles. The molecular formula is C9H11N2O4+. The van der Waals surface area contributed by atoms with E-state index < -0.39 is 12.0 Å². The van der Waals surface area contributed by atoms with E-state index >= 15 is 0 Å². The lowest BCUT2D eigenvalue weighted by Gasteiger charge is -2.04. The lowest BCUT2D eigenvalue weighted by molar-refractivity contribution is -0.730. The molecule has 6 heteroatoms. The van der Waals surface area contributed by atoms with Crippen molar-refractivity contribution in [2.45, 2.75) is 12.5 Å². The fraction of sp³-hybridized carbons (Fsp3) is 0.222. The molecule has 0 unspecified atom stereocenters. The number of nitrogens with zero attached hydrogens (tertiary/aromatic N) is 1. The third-order valence-corrected chi connectivity index (χ3v) is 1.95. The summed E-state index contributed by atoms with van der Waals surface area (Å²) >= 11 is 0. The summed E-state index contributed by atoms with van der Waals surface area (Å²) in [7, 11) is 0. The summed E-state index contributed by atoms with van der Waals surface area (Å²) in [6, 6.07) is 5.03. The predicted molar refractivity (Wildman–Crippen MR) is 50.8 cm³/mol. The van der Waals surface area contributed by atoms with Gasteiger partial charge in [0.05, 0.1) is 4.91 Å². The topological polar surface area (TPSA) is 104 Å². The zero-order valence-corrected chi connectivity index (χ0v) is 7.83. The molecule has 0 aliphatic rings. The van der Waals surface area contributed by atoms with Gasteiger partial charge in [-0.25, -0.2) is 5.21 Å². The van der Waals surface area contributed by atoms with Crippen molar-refractivity contribution in [3.05, 3.63) is 34.7 Å². The summed E-state index contributed by atoms with van der Waals surface area (Å²) in [6.45, 7) is 0. The summed E-state index contributed by atoms with van der Waals surface area (Å²) in [5.74, 6) is -1.15. The molecule has 0 aromatic heterocycles. The first-order valence-corrected chi connectivity index (χ1v) is 4.25. The van der Waals surface area contributed by atoms with E-state index in [1.807, 2.05) is 0 Å². The standard InChI is InChI=1S/C9H10N2O4/c10-7(9(12)13)5-6-3-1-2-4-8(6)11(14)15/h1-4,7H,5,10H2,(H-,12,13,14,15)/p+1/t7-/m0/s1. The van der Waals surface area contributed by atoms with Crippen LogP contribution in [0.2, 0.25) is 0 Å². The van der Waals surface area contributed by atoms with Crippen LogP contribution in [-0.2, 0) is 11.2 Å². The Morgan fingerprint density at radius 2 is 2.07 bits per heavy atom. The maximum absolute atomic E-state index is 10.7. The van der Waals surface area contributed by atoms with Crippen molar-refractivity contribution in [3.8, 4) is 0 Å².